The standard InChI is InChI=1S/C11H12N4O/c12-6-8-1-3-9(4-2-8)16-11-5-10(13)14-7-15-11/h1-5,7H,6,12H2,(H2,13,14,15). The van der Waals surface area contributed by atoms with Gasteiger partial charge in [0.1, 0.15) is 17.9 Å². The van der Waals surface area contributed by atoms with E-state index in [2.05, 4.69) is 9.97 Å². The zero-order chi connectivity index (χ0) is 11.4. The fourth-order valence-corrected chi connectivity index (χ4v) is 1.22. The van der Waals surface area contributed by atoms with E-state index >= 15 is 0 Å². The molecule has 0 aliphatic carbocycles. The third-order valence-electron chi connectivity index (χ3n) is 2.04. The molecule has 16 heavy (non-hydrogen) atoms. The molecule has 2 rings (SSSR count). The second-order valence-electron chi connectivity index (χ2n) is 3.23. The Bertz CT molecular complexity index is 470. The van der Waals surface area contributed by atoms with Gasteiger partial charge in [0.15, 0.2) is 0 Å². The summed E-state index contributed by atoms with van der Waals surface area (Å²) in [6.07, 6.45) is 1.36. The molecule has 82 valence electrons. The second-order valence-corrected chi connectivity index (χ2v) is 3.23. The molecule has 1 aromatic heterocycles. The van der Waals surface area contributed by atoms with E-state index in [0.717, 1.165) is 5.56 Å². The van der Waals surface area contributed by atoms with Crippen LogP contribution in [0.4, 0.5) is 5.82 Å². The minimum absolute atomic E-state index is 0.378. The fraction of sp³-hybridized carbons (Fsp3) is 0.0909. The van der Waals surface area contributed by atoms with Gasteiger partial charge in [-0.15, -0.1) is 0 Å². The van der Waals surface area contributed by atoms with Crippen molar-refractivity contribution in [3.8, 4) is 11.6 Å². The highest BCUT2D eigenvalue weighted by molar-refractivity contribution is 5.35. The van der Waals surface area contributed by atoms with Crippen molar-refractivity contribution in [1.82, 2.24) is 9.97 Å². The summed E-state index contributed by atoms with van der Waals surface area (Å²) < 4.78 is 5.49. The average molecular weight is 216 g/mol. The number of nitrogens with zero attached hydrogens (tertiary/aromatic N) is 2. The van der Waals surface area contributed by atoms with E-state index < -0.39 is 0 Å². The largest absolute Gasteiger partial charge is 0.439 e. The summed E-state index contributed by atoms with van der Waals surface area (Å²) in [4.78, 5) is 7.72. The summed E-state index contributed by atoms with van der Waals surface area (Å²) in [6, 6.07) is 9.04. The van der Waals surface area contributed by atoms with Crippen LogP contribution in [0.2, 0.25) is 0 Å². The van der Waals surface area contributed by atoms with Gasteiger partial charge in [0.2, 0.25) is 5.88 Å². The van der Waals surface area contributed by atoms with Crippen molar-refractivity contribution in [2.75, 3.05) is 5.73 Å². The van der Waals surface area contributed by atoms with E-state index in [0.29, 0.717) is 24.0 Å². The maximum Gasteiger partial charge on any atom is 0.224 e. The van der Waals surface area contributed by atoms with Gasteiger partial charge in [0, 0.05) is 12.6 Å². The smallest absolute Gasteiger partial charge is 0.224 e. The van der Waals surface area contributed by atoms with Crippen molar-refractivity contribution >= 4 is 5.82 Å². The maximum atomic E-state index is 5.51. The van der Waals surface area contributed by atoms with Crippen LogP contribution in [0.25, 0.3) is 0 Å². The molecular weight excluding hydrogens is 204 g/mol. The van der Waals surface area contributed by atoms with Crippen LogP contribution >= 0.6 is 0 Å². The topological polar surface area (TPSA) is 87.0 Å². The molecule has 0 saturated carbocycles. The molecule has 0 aliphatic rings. The van der Waals surface area contributed by atoms with Crippen LogP contribution in [0, 0.1) is 0 Å². The van der Waals surface area contributed by atoms with Crippen LogP contribution in [0.3, 0.4) is 0 Å². The Morgan fingerprint density at radius 3 is 2.50 bits per heavy atom. The first-order valence-electron chi connectivity index (χ1n) is 4.82. The molecule has 0 bridgehead atoms. The predicted octanol–water partition coefficient (Wildman–Crippen LogP) is 1.31. The Morgan fingerprint density at radius 1 is 1.12 bits per heavy atom. The molecule has 0 atom stereocenters. The number of nitrogens with two attached hydrogens (primary N) is 2. The Hall–Kier alpha value is -2.14. The summed E-state index contributed by atoms with van der Waals surface area (Å²) in [5.74, 6) is 1.49. The molecule has 1 aromatic carbocycles. The van der Waals surface area contributed by atoms with Gasteiger partial charge in [-0.1, -0.05) is 12.1 Å². The van der Waals surface area contributed by atoms with E-state index in [-0.39, 0.29) is 0 Å². The van der Waals surface area contributed by atoms with E-state index in [1.807, 2.05) is 24.3 Å². The van der Waals surface area contributed by atoms with Gasteiger partial charge < -0.3 is 16.2 Å². The Balaban J connectivity index is 2.14. The summed E-state index contributed by atoms with van der Waals surface area (Å²) >= 11 is 0. The minimum Gasteiger partial charge on any atom is -0.439 e. The van der Waals surface area contributed by atoms with Crippen LogP contribution < -0.4 is 16.2 Å². The number of anilines is 1. The first-order valence-corrected chi connectivity index (χ1v) is 4.82. The zero-order valence-corrected chi connectivity index (χ0v) is 8.63. The molecule has 0 radical (unpaired) electrons. The average Bonchev–Trinajstić information content (AvgIpc) is 2.30. The zero-order valence-electron chi connectivity index (χ0n) is 8.63. The van der Waals surface area contributed by atoms with Crippen molar-refractivity contribution in [2.45, 2.75) is 6.54 Å². The molecule has 5 heteroatoms. The number of aromatic nitrogens is 2. The van der Waals surface area contributed by atoms with Crippen molar-refractivity contribution in [1.29, 1.82) is 0 Å². The normalized spacial score (nSPS) is 10.1. The van der Waals surface area contributed by atoms with Crippen molar-refractivity contribution in [3.63, 3.8) is 0 Å². The minimum atomic E-state index is 0.378. The number of hydrogen-bond donors (Lipinski definition) is 2. The van der Waals surface area contributed by atoms with Gasteiger partial charge in [0.05, 0.1) is 0 Å². The quantitative estimate of drug-likeness (QED) is 0.807. The van der Waals surface area contributed by atoms with Crippen molar-refractivity contribution < 1.29 is 4.74 Å². The summed E-state index contributed by atoms with van der Waals surface area (Å²) in [5, 5.41) is 0. The lowest BCUT2D eigenvalue weighted by Crippen LogP contribution is -1.96. The molecule has 0 aliphatic heterocycles. The number of hydrogen-bond acceptors (Lipinski definition) is 5. The summed E-state index contributed by atoms with van der Waals surface area (Å²) in [6.45, 7) is 0.515. The number of benzene rings is 1. The van der Waals surface area contributed by atoms with E-state index in [1.165, 1.54) is 6.33 Å². The Labute approximate surface area is 93.1 Å². The highest BCUT2D eigenvalue weighted by Gasteiger charge is 1.99. The molecule has 1 heterocycles. The number of rotatable bonds is 3. The number of ether oxygens (including phenoxy) is 1. The third kappa shape index (κ3) is 2.46. The molecule has 2 aromatic rings. The SMILES string of the molecule is NCc1ccc(Oc2cc(N)ncn2)cc1. The highest BCUT2D eigenvalue weighted by Crippen LogP contribution is 2.19. The van der Waals surface area contributed by atoms with E-state index in [9.17, 15) is 0 Å². The highest BCUT2D eigenvalue weighted by atomic mass is 16.5. The van der Waals surface area contributed by atoms with E-state index in [4.69, 9.17) is 16.2 Å². The molecule has 0 fully saturated rings. The van der Waals surface area contributed by atoms with Crippen LogP contribution in [-0.4, -0.2) is 9.97 Å². The maximum absolute atomic E-state index is 5.51. The molecule has 5 nitrogen and oxygen atoms in total. The van der Waals surface area contributed by atoms with Gasteiger partial charge >= 0.3 is 0 Å². The van der Waals surface area contributed by atoms with Gasteiger partial charge in [-0.25, -0.2) is 9.97 Å². The van der Waals surface area contributed by atoms with Gasteiger partial charge in [-0.3, -0.25) is 0 Å². The molecule has 0 saturated heterocycles. The molecule has 0 amide bonds. The monoisotopic (exact) mass is 216 g/mol. The fourth-order valence-electron chi connectivity index (χ4n) is 1.22. The van der Waals surface area contributed by atoms with Gasteiger partial charge in [-0.05, 0) is 17.7 Å². The second kappa shape index (κ2) is 4.59. The Morgan fingerprint density at radius 2 is 1.88 bits per heavy atom. The lowest BCUT2D eigenvalue weighted by molar-refractivity contribution is 0.462. The number of nitrogen functional groups attached to an aromatic ring is 1. The first kappa shape index (κ1) is 10.4. The first-order chi connectivity index (χ1) is 7.78. The molecular formula is C11H12N4O. The molecule has 0 unspecified atom stereocenters. The van der Waals surface area contributed by atoms with Crippen LogP contribution in [0.15, 0.2) is 36.7 Å². The van der Waals surface area contributed by atoms with Crippen LogP contribution in [0.5, 0.6) is 11.6 Å². The lowest BCUT2D eigenvalue weighted by Gasteiger charge is -2.05. The summed E-state index contributed by atoms with van der Waals surface area (Å²) in [5.41, 5.74) is 12.1. The van der Waals surface area contributed by atoms with Crippen molar-refractivity contribution in [2.24, 2.45) is 5.73 Å². The van der Waals surface area contributed by atoms with Crippen molar-refractivity contribution in [3.05, 3.63) is 42.2 Å². The van der Waals surface area contributed by atoms with Crippen LogP contribution in [-0.2, 0) is 6.54 Å². The molecule has 4 N–H and O–H groups in total. The van der Waals surface area contributed by atoms with E-state index in [1.54, 1.807) is 6.07 Å². The lowest BCUT2D eigenvalue weighted by atomic mass is 10.2. The molecule has 0 spiro atoms. The summed E-state index contributed by atoms with van der Waals surface area (Å²) in [7, 11) is 0. The van der Waals surface area contributed by atoms with Gasteiger partial charge in [-0.2, -0.15) is 0 Å². The predicted molar refractivity (Wildman–Crippen MR) is 60.9 cm³/mol. The van der Waals surface area contributed by atoms with Crippen LogP contribution in [0.1, 0.15) is 5.56 Å². The third-order valence-corrected chi connectivity index (χ3v) is 2.04. The Kier molecular flexibility index (Phi) is 2.98. The van der Waals surface area contributed by atoms with Gasteiger partial charge in [0.25, 0.3) is 0 Å².